The van der Waals surface area contributed by atoms with Crippen LogP contribution in [0.1, 0.15) is 40.0 Å². The molecule has 1 fully saturated rings. The minimum atomic E-state index is -0.771. The van der Waals surface area contributed by atoms with Crippen molar-refractivity contribution in [3.8, 4) is 5.75 Å². The summed E-state index contributed by atoms with van der Waals surface area (Å²) >= 11 is 0. The normalized spacial score (nSPS) is 17.8. The second kappa shape index (κ2) is 7.04. The van der Waals surface area contributed by atoms with Crippen LogP contribution >= 0.6 is 0 Å². The van der Waals surface area contributed by atoms with Gasteiger partial charge in [0.05, 0.1) is 6.10 Å². The monoisotopic (exact) mass is 341 g/mol. The maximum Gasteiger partial charge on any atom is 0.256 e. The summed E-state index contributed by atoms with van der Waals surface area (Å²) in [5, 5.41) is 5.06. The third kappa shape index (κ3) is 3.49. The number of nitrogens with one attached hydrogen (secondary N) is 1. The molecule has 0 heterocycles. The molecule has 0 spiro atoms. The molecule has 4 heteroatoms. The second-order valence-corrected chi connectivity index (χ2v) is 7.03. The number of anilines is 1. The van der Waals surface area contributed by atoms with Gasteiger partial charge in [-0.1, -0.05) is 31.2 Å². The number of hydrogen-bond donors (Lipinski definition) is 1. The molecule has 0 unspecified atom stereocenters. The summed E-state index contributed by atoms with van der Waals surface area (Å²) in [5.41, 5.74) is 0.0218. The van der Waals surface area contributed by atoms with Crippen molar-refractivity contribution < 1.29 is 14.3 Å². The third-order valence-electron chi connectivity index (χ3n) is 5.27. The lowest BCUT2D eigenvalue weighted by molar-refractivity contribution is -0.138. The summed E-state index contributed by atoms with van der Waals surface area (Å²) in [6.45, 7) is 6.04. The van der Waals surface area contributed by atoms with Crippen LogP contribution in [0.2, 0.25) is 0 Å². The fourth-order valence-electron chi connectivity index (χ4n) is 3.11. The van der Waals surface area contributed by atoms with E-state index in [1.54, 1.807) is 7.11 Å². The Balaban J connectivity index is 1.92. The first-order chi connectivity index (χ1) is 12.0. The predicted octanol–water partition coefficient (Wildman–Crippen LogP) is 4.77. The van der Waals surface area contributed by atoms with Crippen LogP contribution in [0.4, 0.5) is 5.69 Å². The summed E-state index contributed by atoms with van der Waals surface area (Å²) in [7, 11) is 1.61. The van der Waals surface area contributed by atoms with Crippen molar-refractivity contribution >= 4 is 22.4 Å². The second-order valence-electron chi connectivity index (χ2n) is 7.03. The van der Waals surface area contributed by atoms with Crippen LogP contribution in [-0.2, 0) is 9.53 Å². The summed E-state index contributed by atoms with van der Waals surface area (Å²) in [5.74, 6) is 1.06. The average Bonchev–Trinajstić information content (AvgIpc) is 3.48. The van der Waals surface area contributed by atoms with E-state index >= 15 is 0 Å². The molecule has 3 rings (SSSR count). The van der Waals surface area contributed by atoms with Crippen molar-refractivity contribution in [1.29, 1.82) is 0 Å². The maximum atomic E-state index is 12.8. The van der Waals surface area contributed by atoms with Gasteiger partial charge in [0.2, 0.25) is 0 Å². The Labute approximate surface area is 149 Å². The zero-order valence-electron chi connectivity index (χ0n) is 15.5. The van der Waals surface area contributed by atoms with E-state index < -0.39 is 5.60 Å². The Morgan fingerprint density at radius 3 is 2.52 bits per heavy atom. The van der Waals surface area contributed by atoms with E-state index in [0.717, 1.165) is 41.5 Å². The number of fused-ring (bicyclic) bond motifs is 1. The van der Waals surface area contributed by atoms with Crippen LogP contribution in [0.15, 0.2) is 36.4 Å². The molecule has 2 atom stereocenters. The molecule has 0 bridgehead atoms. The van der Waals surface area contributed by atoms with Gasteiger partial charge in [-0.05, 0) is 51.2 Å². The van der Waals surface area contributed by atoms with Crippen molar-refractivity contribution in [3.63, 3.8) is 0 Å². The molecule has 134 valence electrons. The van der Waals surface area contributed by atoms with Crippen molar-refractivity contribution in [2.75, 3.05) is 12.4 Å². The molecule has 0 radical (unpaired) electrons. The van der Waals surface area contributed by atoms with Crippen molar-refractivity contribution in [1.82, 2.24) is 0 Å². The predicted molar refractivity (Wildman–Crippen MR) is 101 cm³/mol. The minimum absolute atomic E-state index is 0.0850. The Kier molecular flexibility index (Phi) is 5.00. The summed E-state index contributed by atoms with van der Waals surface area (Å²) in [6, 6.07) is 11.9. The topological polar surface area (TPSA) is 47.6 Å². The molecular formula is C21H27NO3. The van der Waals surface area contributed by atoms with Gasteiger partial charge in [-0.3, -0.25) is 4.79 Å². The van der Waals surface area contributed by atoms with Crippen LogP contribution in [-0.4, -0.2) is 24.7 Å². The SMILES string of the molecule is CC[C@H](C)Oc1ccc(NC(=O)[C@@](C)(OC)C2CC2)c2ccccc12. The van der Waals surface area contributed by atoms with E-state index in [2.05, 4.69) is 19.2 Å². The minimum Gasteiger partial charge on any atom is -0.490 e. The molecule has 1 saturated carbocycles. The Morgan fingerprint density at radius 2 is 1.92 bits per heavy atom. The number of amides is 1. The van der Waals surface area contributed by atoms with Crippen molar-refractivity contribution in [2.24, 2.45) is 5.92 Å². The average molecular weight is 341 g/mol. The van der Waals surface area contributed by atoms with Crippen LogP contribution in [0.3, 0.4) is 0 Å². The Bertz CT molecular complexity index is 769. The van der Waals surface area contributed by atoms with Gasteiger partial charge < -0.3 is 14.8 Å². The van der Waals surface area contributed by atoms with Crippen molar-refractivity contribution in [2.45, 2.75) is 51.7 Å². The highest BCUT2D eigenvalue weighted by Crippen LogP contribution is 2.42. The third-order valence-corrected chi connectivity index (χ3v) is 5.27. The molecular weight excluding hydrogens is 314 g/mol. The number of benzene rings is 2. The number of methoxy groups -OCH3 is 1. The van der Waals surface area contributed by atoms with Crippen LogP contribution in [0, 0.1) is 5.92 Å². The number of carbonyl (C=O) groups is 1. The number of ether oxygens (including phenoxy) is 2. The molecule has 1 amide bonds. The highest BCUT2D eigenvalue weighted by molar-refractivity contribution is 6.06. The highest BCUT2D eigenvalue weighted by Gasteiger charge is 2.47. The van der Waals surface area contributed by atoms with Crippen LogP contribution in [0.25, 0.3) is 10.8 Å². The summed E-state index contributed by atoms with van der Waals surface area (Å²) in [6.07, 6.45) is 3.18. The van der Waals surface area contributed by atoms with E-state index in [1.807, 2.05) is 43.3 Å². The summed E-state index contributed by atoms with van der Waals surface area (Å²) < 4.78 is 11.6. The van der Waals surface area contributed by atoms with E-state index in [9.17, 15) is 4.79 Å². The lowest BCUT2D eigenvalue weighted by atomic mass is 9.98. The van der Waals surface area contributed by atoms with Crippen molar-refractivity contribution in [3.05, 3.63) is 36.4 Å². The molecule has 25 heavy (non-hydrogen) atoms. The van der Waals surface area contributed by atoms with Gasteiger partial charge in [-0.2, -0.15) is 0 Å². The van der Waals surface area contributed by atoms with Gasteiger partial charge in [0.25, 0.3) is 5.91 Å². The Morgan fingerprint density at radius 1 is 1.24 bits per heavy atom. The lowest BCUT2D eigenvalue weighted by Gasteiger charge is -2.27. The molecule has 2 aromatic carbocycles. The number of hydrogen-bond acceptors (Lipinski definition) is 3. The number of carbonyl (C=O) groups excluding carboxylic acids is 1. The van der Waals surface area contributed by atoms with Gasteiger partial charge in [0.1, 0.15) is 11.4 Å². The van der Waals surface area contributed by atoms with Gasteiger partial charge in [-0.25, -0.2) is 0 Å². The zero-order valence-corrected chi connectivity index (χ0v) is 15.5. The molecule has 1 aliphatic rings. The Hall–Kier alpha value is -2.07. The fourth-order valence-corrected chi connectivity index (χ4v) is 3.11. The van der Waals surface area contributed by atoms with E-state index in [-0.39, 0.29) is 12.0 Å². The maximum absolute atomic E-state index is 12.8. The van der Waals surface area contributed by atoms with E-state index in [0.29, 0.717) is 5.92 Å². The molecule has 0 aromatic heterocycles. The quantitative estimate of drug-likeness (QED) is 0.789. The van der Waals surface area contributed by atoms with E-state index in [1.165, 1.54) is 0 Å². The fraction of sp³-hybridized carbons (Fsp3) is 0.476. The van der Waals surface area contributed by atoms with Gasteiger partial charge in [0, 0.05) is 23.6 Å². The molecule has 0 saturated heterocycles. The van der Waals surface area contributed by atoms with Gasteiger partial charge >= 0.3 is 0 Å². The first-order valence-corrected chi connectivity index (χ1v) is 9.04. The first-order valence-electron chi connectivity index (χ1n) is 9.04. The molecule has 2 aromatic rings. The zero-order chi connectivity index (χ0) is 18.0. The largest absolute Gasteiger partial charge is 0.490 e. The smallest absolute Gasteiger partial charge is 0.256 e. The standard InChI is InChI=1S/C21H27NO3/c1-5-14(2)25-19-13-12-18(16-8-6-7-9-17(16)19)22-20(23)21(3,24-4)15-10-11-15/h6-9,12-15H,5,10-11H2,1-4H3,(H,22,23)/t14-,21-/m0/s1. The number of rotatable bonds is 7. The lowest BCUT2D eigenvalue weighted by Crippen LogP contribution is -2.44. The summed E-state index contributed by atoms with van der Waals surface area (Å²) in [4.78, 5) is 12.8. The van der Waals surface area contributed by atoms with Gasteiger partial charge in [-0.15, -0.1) is 0 Å². The molecule has 1 N–H and O–H groups in total. The molecule has 1 aliphatic carbocycles. The van der Waals surface area contributed by atoms with Crippen LogP contribution < -0.4 is 10.1 Å². The molecule has 4 nitrogen and oxygen atoms in total. The highest BCUT2D eigenvalue weighted by atomic mass is 16.5. The molecule has 0 aliphatic heterocycles. The van der Waals surface area contributed by atoms with Gasteiger partial charge in [0.15, 0.2) is 0 Å². The van der Waals surface area contributed by atoms with Crippen LogP contribution in [0.5, 0.6) is 5.75 Å². The van der Waals surface area contributed by atoms with E-state index in [4.69, 9.17) is 9.47 Å². The first kappa shape index (κ1) is 17.7.